The summed E-state index contributed by atoms with van der Waals surface area (Å²) in [5.74, 6) is 6.42. The number of hydrogen-bond acceptors (Lipinski definition) is 4. The van der Waals surface area contributed by atoms with E-state index in [2.05, 4.69) is 10.4 Å². The van der Waals surface area contributed by atoms with E-state index in [0.717, 1.165) is 0 Å². The molecule has 3 N–H and O–H groups in total. The Morgan fingerprint density at radius 1 is 1.77 bits per heavy atom. The number of hydrogen-bond donors (Lipinski definition) is 2. The average Bonchev–Trinajstić information content (AvgIpc) is 2.65. The Labute approximate surface area is 76.6 Å². The van der Waals surface area contributed by atoms with Gasteiger partial charge in [0.25, 0.3) is 0 Å². The van der Waals surface area contributed by atoms with Gasteiger partial charge in [-0.3, -0.25) is 4.99 Å². The number of aliphatic imine (C=N–C) groups is 1. The number of nitrogens with two attached hydrogens (primary N) is 1. The highest BCUT2D eigenvalue weighted by Crippen LogP contribution is 1.99. The summed E-state index contributed by atoms with van der Waals surface area (Å²) in [6, 6.07) is 3.56. The lowest BCUT2D eigenvalue weighted by molar-refractivity contribution is 0.208. The van der Waals surface area contributed by atoms with E-state index >= 15 is 0 Å². The summed E-state index contributed by atoms with van der Waals surface area (Å²) >= 11 is 0. The van der Waals surface area contributed by atoms with Crippen molar-refractivity contribution in [2.45, 2.75) is 0 Å². The van der Waals surface area contributed by atoms with Gasteiger partial charge >= 0.3 is 0 Å². The molecule has 0 atom stereocenters. The highest BCUT2D eigenvalue weighted by molar-refractivity contribution is 5.95. The predicted molar refractivity (Wildman–Crippen MR) is 49.3 cm³/mol. The fourth-order valence-electron chi connectivity index (χ4n) is 0.857. The van der Waals surface area contributed by atoms with Gasteiger partial charge in [0.15, 0.2) is 11.6 Å². The van der Waals surface area contributed by atoms with Crippen molar-refractivity contribution in [3.8, 4) is 0 Å². The van der Waals surface area contributed by atoms with Crippen LogP contribution in [-0.2, 0) is 4.74 Å². The van der Waals surface area contributed by atoms with Crippen LogP contribution in [0, 0.1) is 0 Å². The maximum absolute atomic E-state index is 5.26. The van der Waals surface area contributed by atoms with Gasteiger partial charge in [-0.2, -0.15) is 0 Å². The van der Waals surface area contributed by atoms with Crippen LogP contribution in [0.3, 0.4) is 0 Å². The summed E-state index contributed by atoms with van der Waals surface area (Å²) in [7, 11) is 1.62. The lowest BCUT2D eigenvalue weighted by Gasteiger charge is -2.01. The molecule has 0 saturated heterocycles. The van der Waals surface area contributed by atoms with Gasteiger partial charge in [0.1, 0.15) is 0 Å². The average molecular weight is 183 g/mol. The standard InChI is InChI=1S/C8H13N3O2/c1-12-6-4-10-8(11-9)7-3-2-5-13-7/h2-3,5H,4,6,9H2,1H3,(H,10,11). The van der Waals surface area contributed by atoms with E-state index in [1.807, 2.05) is 0 Å². The van der Waals surface area contributed by atoms with Crippen molar-refractivity contribution in [2.75, 3.05) is 20.3 Å². The third-order valence-electron chi connectivity index (χ3n) is 1.46. The van der Waals surface area contributed by atoms with E-state index in [4.69, 9.17) is 15.0 Å². The molecule has 0 aliphatic rings. The number of nitrogens with zero attached hydrogens (tertiary/aromatic N) is 1. The number of amidine groups is 1. The highest BCUT2D eigenvalue weighted by Gasteiger charge is 2.02. The van der Waals surface area contributed by atoms with Crippen molar-refractivity contribution in [1.82, 2.24) is 5.43 Å². The molecule has 1 aromatic rings. The second kappa shape index (κ2) is 5.34. The van der Waals surface area contributed by atoms with Crippen molar-refractivity contribution in [3.63, 3.8) is 0 Å². The molecule has 1 heterocycles. The molecule has 1 rings (SSSR count). The molecule has 0 unspecified atom stereocenters. The van der Waals surface area contributed by atoms with Gasteiger partial charge in [0, 0.05) is 7.11 Å². The zero-order valence-electron chi connectivity index (χ0n) is 7.49. The molecule has 0 radical (unpaired) electrons. The Balaban J connectivity index is 2.57. The molecule has 0 amide bonds. The fraction of sp³-hybridized carbons (Fsp3) is 0.375. The van der Waals surface area contributed by atoms with Crippen LogP contribution in [0.15, 0.2) is 27.8 Å². The SMILES string of the molecule is COCCN=C(NN)c1ccco1. The fourth-order valence-corrected chi connectivity index (χ4v) is 0.857. The molecule has 72 valence electrons. The minimum atomic E-state index is 0.530. The minimum Gasteiger partial charge on any atom is -0.461 e. The van der Waals surface area contributed by atoms with Crippen LogP contribution in [0.4, 0.5) is 0 Å². The van der Waals surface area contributed by atoms with Gasteiger partial charge in [0.2, 0.25) is 0 Å². The van der Waals surface area contributed by atoms with E-state index < -0.39 is 0 Å². The first-order valence-electron chi connectivity index (χ1n) is 3.92. The van der Waals surface area contributed by atoms with Crippen LogP contribution in [0.2, 0.25) is 0 Å². The number of methoxy groups -OCH3 is 1. The first-order chi connectivity index (χ1) is 6.38. The molecule has 5 heteroatoms. The largest absolute Gasteiger partial charge is 0.461 e. The Morgan fingerprint density at radius 3 is 3.15 bits per heavy atom. The number of furan rings is 1. The van der Waals surface area contributed by atoms with Gasteiger partial charge in [0.05, 0.1) is 19.4 Å². The maximum Gasteiger partial charge on any atom is 0.179 e. The maximum atomic E-state index is 5.26. The quantitative estimate of drug-likeness (QED) is 0.229. The second-order valence-electron chi connectivity index (χ2n) is 2.34. The molecular formula is C8H13N3O2. The van der Waals surface area contributed by atoms with E-state index in [0.29, 0.717) is 24.7 Å². The van der Waals surface area contributed by atoms with Crippen LogP contribution >= 0.6 is 0 Å². The molecule has 1 aromatic heterocycles. The zero-order valence-corrected chi connectivity index (χ0v) is 7.49. The predicted octanol–water partition coefficient (Wildman–Crippen LogP) is 0.136. The van der Waals surface area contributed by atoms with Crippen LogP contribution < -0.4 is 11.3 Å². The van der Waals surface area contributed by atoms with E-state index in [9.17, 15) is 0 Å². The summed E-state index contributed by atoms with van der Waals surface area (Å²) in [4.78, 5) is 4.14. The lowest BCUT2D eigenvalue weighted by Crippen LogP contribution is -2.31. The molecule has 0 fully saturated rings. The van der Waals surface area contributed by atoms with Gasteiger partial charge in [-0.05, 0) is 12.1 Å². The number of ether oxygens (including phenoxy) is 1. The third kappa shape index (κ3) is 2.89. The summed E-state index contributed by atoms with van der Waals surface area (Å²) in [5.41, 5.74) is 2.46. The van der Waals surface area contributed by atoms with Gasteiger partial charge in [-0.1, -0.05) is 0 Å². The van der Waals surface area contributed by atoms with Crippen molar-refractivity contribution in [2.24, 2.45) is 10.8 Å². The van der Waals surface area contributed by atoms with Crippen molar-refractivity contribution >= 4 is 5.84 Å². The molecule has 13 heavy (non-hydrogen) atoms. The summed E-state index contributed by atoms with van der Waals surface area (Å²) in [6.45, 7) is 1.11. The van der Waals surface area contributed by atoms with Crippen LogP contribution in [0.1, 0.15) is 5.76 Å². The van der Waals surface area contributed by atoms with Gasteiger partial charge < -0.3 is 14.6 Å². The Hall–Kier alpha value is -1.33. The molecular weight excluding hydrogens is 170 g/mol. The first kappa shape index (κ1) is 9.76. The molecule has 0 aromatic carbocycles. The van der Waals surface area contributed by atoms with Crippen LogP contribution in [0.5, 0.6) is 0 Å². The van der Waals surface area contributed by atoms with E-state index in [-0.39, 0.29) is 0 Å². The summed E-state index contributed by atoms with van der Waals surface area (Å²) in [6.07, 6.45) is 1.57. The van der Waals surface area contributed by atoms with Gasteiger partial charge in [-0.15, -0.1) is 0 Å². The topological polar surface area (TPSA) is 72.8 Å². The monoisotopic (exact) mass is 183 g/mol. The van der Waals surface area contributed by atoms with Crippen molar-refractivity contribution < 1.29 is 9.15 Å². The second-order valence-corrected chi connectivity index (χ2v) is 2.34. The summed E-state index contributed by atoms with van der Waals surface area (Å²) < 4.78 is 9.95. The molecule has 0 spiro atoms. The number of hydrazine groups is 1. The molecule has 0 bridgehead atoms. The normalized spacial score (nSPS) is 11.7. The smallest absolute Gasteiger partial charge is 0.179 e. The molecule has 0 aliphatic carbocycles. The van der Waals surface area contributed by atoms with Crippen molar-refractivity contribution in [3.05, 3.63) is 24.2 Å². The lowest BCUT2D eigenvalue weighted by atomic mass is 10.4. The van der Waals surface area contributed by atoms with Gasteiger partial charge in [-0.25, -0.2) is 5.84 Å². The number of nitrogens with one attached hydrogen (secondary N) is 1. The molecule has 0 saturated carbocycles. The van der Waals surface area contributed by atoms with Crippen molar-refractivity contribution in [1.29, 1.82) is 0 Å². The Morgan fingerprint density at radius 2 is 2.62 bits per heavy atom. The Kier molecular flexibility index (Phi) is 4.01. The van der Waals surface area contributed by atoms with Crippen LogP contribution in [0.25, 0.3) is 0 Å². The minimum absolute atomic E-state index is 0.530. The third-order valence-corrected chi connectivity index (χ3v) is 1.46. The summed E-state index contributed by atoms with van der Waals surface area (Å²) in [5, 5.41) is 0. The first-order valence-corrected chi connectivity index (χ1v) is 3.92. The van der Waals surface area contributed by atoms with E-state index in [1.165, 1.54) is 0 Å². The Bertz CT molecular complexity index is 256. The zero-order chi connectivity index (χ0) is 9.52. The number of rotatable bonds is 4. The molecule has 5 nitrogen and oxygen atoms in total. The molecule has 0 aliphatic heterocycles. The highest BCUT2D eigenvalue weighted by atomic mass is 16.5. The van der Waals surface area contributed by atoms with E-state index in [1.54, 1.807) is 25.5 Å². The van der Waals surface area contributed by atoms with Crippen LogP contribution in [-0.4, -0.2) is 26.1 Å².